The SMILES string of the molecule is CCCC1CCCC(CC(=O)O)CC1. The molecular formula is C12H22O2. The molecule has 0 bridgehead atoms. The van der Waals surface area contributed by atoms with Crippen LogP contribution in [0, 0.1) is 11.8 Å². The Hall–Kier alpha value is -0.530. The van der Waals surface area contributed by atoms with E-state index in [1.165, 1.54) is 32.1 Å². The Morgan fingerprint density at radius 2 is 1.86 bits per heavy atom. The summed E-state index contributed by atoms with van der Waals surface area (Å²) in [5.74, 6) is 0.706. The highest BCUT2D eigenvalue weighted by atomic mass is 16.4. The summed E-state index contributed by atoms with van der Waals surface area (Å²) in [5.41, 5.74) is 0. The van der Waals surface area contributed by atoms with Gasteiger partial charge in [-0.3, -0.25) is 4.79 Å². The standard InChI is InChI=1S/C12H22O2/c1-2-4-10-5-3-6-11(8-7-10)9-12(13)14/h10-11H,2-9H2,1H3,(H,13,14). The summed E-state index contributed by atoms with van der Waals surface area (Å²) in [4.78, 5) is 10.6. The maximum atomic E-state index is 10.6. The number of aliphatic carboxylic acids is 1. The number of carboxylic acid groups (broad SMARTS) is 1. The molecule has 0 aromatic carbocycles. The van der Waals surface area contributed by atoms with Crippen molar-refractivity contribution < 1.29 is 9.90 Å². The Labute approximate surface area is 86.7 Å². The fraction of sp³-hybridized carbons (Fsp3) is 0.917. The second-order valence-electron chi connectivity index (χ2n) is 4.63. The van der Waals surface area contributed by atoms with Gasteiger partial charge >= 0.3 is 5.97 Å². The smallest absolute Gasteiger partial charge is 0.303 e. The molecule has 0 saturated heterocycles. The molecule has 1 saturated carbocycles. The molecule has 82 valence electrons. The zero-order valence-electron chi connectivity index (χ0n) is 9.17. The van der Waals surface area contributed by atoms with Gasteiger partial charge in [0.05, 0.1) is 0 Å². The molecule has 0 aromatic rings. The summed E-state index contributed by atoms with van der Waals surface area (Å²) in [5, 5.41) is 8.73. The summed E-state index contributed by atoms with van der Waals surface area (Å²) in [7, 11) is 0. The number of carboxylic acids is 1. The Morgan fingerprint density at radius 3 is 2.50 bits per heavy atom. The normalized spacial score (nSPS) is 28.4. The molecule has 0 aromatic heterocycles. The second-order valence-corrected chi connectivity index (χ2v) is 4.63. The van der Waals surface area contributed by atoms with Crippen molar-refractivity contribution in [2.45, 2.75) is 58.3 Å². The fourth-order valence-corrected chi connectivity index (χ4v) is 2.60. The number of hydrogen-bond donors (Lipinski definition) is 1. The zero-order chi connectivity index (χ0) is 10.4. The Morgan fingerprint density at radius 1 is 1.21 bits per heavy atom. The van der Waals surface area contributed by atoms with E-state index in [4.69, 9.17) is 5.11 Å². The molecular weight excluding hydrogens is 176 g/mol. The highest BCUT2D eigenvalue weighted by molar-refractivity contribution is 5.66. The van der Waals surface area contributed by atoms with Crippen molar-refractivity contribution in [3.05, 3.63) is 0 Å². The third-order valence-electron chi connectivity index (χ3n) is 3.37. The molecule has 14 heavy (non-hydrogen) atoms. The fourth-order valence-electron chi connectivity index (χ4n) is 2.60. The van der Waals surface area contributed by atoms with Gasteiger partial charge in [-0.05, 0) is 24.7 Å². The molecule has 1 aliphatic carbocycles. The van der Waals surface area contributed by atoms with Crippen LogP contribution in [-0.2, 0) is 4.79 Å². The van der Waals surface area contributed by atoms with Gasteiger partial charge in [-0.2, -0.15) is 0 Å². The van der Waals surface area contributed by atoms with Crippen molar-refractivity contribution in [3.8, 4) is 0 Å². The molecule has 2 atom stereocenters. The van der Waals surface area contributed by atoms with Crippen LogP contribution in [0.1, 0.15) is 58.3 Å². The molecule has 0 spiro atoms. The quantitative estimate of drug-likeness (QED) is 0.702. The van der Waals surface area contributed by atoms with E-state index in [2.05, 4.69) is 6.92 Å². The third-order valence-corrected chi connectivity index (χ3v) is 3.37. The topological polar surface area (TPSA) is 37.3 Å². The number of hydrogen-bond acceptors (Lipinski definition) is 1. The van der Waals surface area contributed by atoms with Crippen molar-refractivity contribution in [1.29, 1.82) is 0 Å². The van der Waals surface area contributed by atoms with Gasteiger partial charge in [0.1, 0.15) is 0 Å². The summed E-state index contributed by atoms with van der Waals surface area (Å²) in [6, 6.07) is 0. The molecule has 1 fully saturated rings. The van der Waals surface area contributed by atoms with Crippen molar-refractivity contribution in [2.24, 2.45) is 11.8 Å². The maximum absolute atomic E-state index is 10.6. The molecule has 0 radical (unpaired) electrons. The summed E-state index contributed by atoms with van der Waals surface area (Å²) < 4.78 is 0. The van der Waals surface area contributed by atoms with Crippen molar-refractivity contribution in [2.75, 3.05) is 0 Å². The van der Waals surface area contributed by atoms with E-state index in [0.29, 0.717) is 12.3 Å². The van der Waals surface area contributed by atoms with Crippen LogP contribution in [-0.4, -0.2) is 11.1 Å². The predicted octanol–water partition coefficient (Wildman–Crippen LogP) is 3.46. The number of rotatable bonds is 4. The van der Waals surface area contributed by atoms with E-state index in [9.17, 15) is 4.79 Å². The summed E-state index contributed by atoms with van der Waals surface area (Å²) >= 11 is 0. The van der Waals surface area contributed by atoms with Crippen LogP contribution in [0.4, 0.5) is 0 Å². The minimum atomic E-state index is -0.621. The monoisotopic (exact) mass is 198 g/mol. The van der Waals surface area contributed by atoms with E-state index in [-0.39, 0.29) is 0 Å². The van der Waals surface area contributed by atoms with Crippen LogP contribution in [0.15, 0.2) is 0 Å². The molecule has 1 N–H and O–H groups in total. The highest BCUT2D eigenvalue weighted by Crippen LogP contribution is 2.31. The highest BCUT2D eigenvalue weighted by Gasteiger charge is 2.19. The molecule has 1 aliphatic rings. The Kier molecular flexibility index (Phi) is 4.99. The number of carbonyl (C=O) groups is 1. The molecule has 0 aliphatic heterocycles. The zero-order valence-corrected chi connectivity index (χ0v) is 9.17. The lowest BCUT2D eigenvalue weighted by Crippen LogP contribution is -2.07. The first-order chi connectivity index (χ1) is 6.72. The molecule has 2 nitrogen and oxygen atoms in total. The van der Waals surface area contributed by atoms with Gasteiger partial charge in [0.25, 0.3) is 0 Å². The van der Waals surface area contributed by atoms with Gasteiger partial charge in [0.15, 0.2) is 0 Å². The maximum Gasteiger partial charge on any atom is 0.303 e. The van der Waals surface area contributed by atoms with Crippen molar-refractivity contribution >= 4 is 5.97 Å². The molecule has 0 amide bonds. The lowest BCUT2D eigenvalue weighted by Gasteiger charge is -2.12. The first kappa shape index (κ1) is 11.5. The van der Waals surface area contributed by atoms with E-state index in [1.54, 1.807) is 0 Å². The Balaban J connectivity index is 2.29. The van der Waals surface area contributed by atoms with Gasteiger partial charge in [-0.15, -0.1) is 0 Å². The van der Waals surface area contributed by atoms with Crippen LogP contribution in [0.2, 0.25) is 0 Å². The van der Waals surface area contributed by atoms with Gasteiger partial charge < -0.3 is 5.11 Å². The first-order valence-corrected chi connectivity index (χ1v) is 5.94. The van der Waals surface area contributed by atoms with Crippen LogP contribution in [0.5, 0.6) is 0 Å². The average Bonchev–Trinajstić information content (AvgIpc) is 2.31. The molecule has 2 heteroatoms. The second kappa shape index (κ2) is 6.05. The van der Waals surface area contributed by atoms with Gasteiger partial charge in [0.2, 0.25) is 0 Å². The van der Waals surface area contributed by atoms with Crippen LogP contribution < -0.4 is 0 Å². The molecule has 0 heterocycles. The molecule has 1 rings (SSSR count). The predicted molar refractivity (Wildman–Crippen MR) is 57.2 cm³/mol. The third kappa shape index (κ3) is 4.12. The Bertz CT molecular complexity index is 177. The lowest BCUT2D eigenvalue weighted by atomic mass is 9.93. The van der Waals surface area contributed by atoms with Gasteiger partial charge in [-0.25, -0.2) is 0 Å². The van der Waals surface area contributed by atoms with E-state index in [1.807, 2.05) is 0 Å². The van der Waals surface area contributed by atoms with E-state index < -0.39 is 5.97 Å². The van der Waals surface area contributed by atoms with Crippen molar-refractivity contribution in [1.82, 2.24) is 0 Å². The minimum Gasteiger partial charge on any atom is -0.481 e. The van der Waals surface area contributed by atoms with E-state index in [0.717, 1.165) is 18.8 Å². The van der Waals surface area contributed by atoms with Crippen LogP contribution in [0.25, 0.3) is 0 Å². The van der Waals surface area contributed by atoms with Gasteiger partial charge in [0, 0.05) is 6.42 Å². The summed E-state index contributed by atoms with van der Waals surface area (Å²) in [6.45, 7) is 2.24. The van der Waals surface area contributed by atoms with Gasteiger partial charge in [-0.1, -0.05) is 39.0 Å². The van der Waals surface area contributed by atoms with Crippen LogP contribution in [0.3, 0.4) is 0 Å². The minimum absolute atomic E-state index is 0.388. The van der Waals surface area contributed by atoms with E-state index >= 15 is 0 Å². The largest absolute Gasteiger partial charge is 0.481 e. The lowest BCUT2D eigenvalue weighted by molar-refractivity contribution is -0.138. The first-order valence-electron chi connectivity index (χ1n) is 5.94. The summed E-state index contributed by atoms with van der Waals surface area (Å²) in [6.07, 6.45) is 9.08. The molecule has 2 unspecified atom stereocenters. The van der Waals surface area contributed by atoms with Crippen LogP contribution >= 0.6 is 0 Å². The average molecular weight is 198 g/mol. The van der Waals surface area contributed by atoms with Crippen molar-refractivity contribution in [3.63, 3.8) is 0 Å².